The molecule has 3 heterocycles. The standard InChI is InChI=1S/C24H33N5O2/c1-19-5-7-20(8-6-19)22-9-10-23(27-26-22)29-13-2-4-21(18-29)24(30)25-11-3-12-28-14-16-31-17-15-28/h5-10,21H,2-4,11-18H2,1H3,(H,25,30)/t21-/m1/s1. The fourth-order valence-electron chi connectivity index (χ4n) is 4.25. The maximum absolute atomic E-state index is 12.7. The fraction of sp³-hybridized carbons (Fsp3) is 0.542. The number of benzene rings is 1. The van der Waals surface area contributed by atoms with Gasteiger partial charge in [-0.05, 0) is 44.9 Å². The van der Waals surface area contributed by atoms with E-state index in [-0.39, 0.29) is 11.8 Å². The predicted octanol–water partition coefficient (Wildman–Crippen LogP) is 2.51. The normalized spacial score (nSPS) is 19.9. The van der Waals surface area contributed by atoms with Gasteiger partial charge in [-0.2, -0.15) is 0 Å². The molecule has 1 aromatic carbocycles. The zero-order valence-corrected chi connectivity index (χ0v) is 18.4. The van der Waals surface area contributed by atoms with Gasteiger partial charge in [0.2, 0.25) is 5.91 Å². The Labute approximate surface area is 184 Å². The highest BCUT2D eigenvalue weighted by molar-refractivity contribution is 5.79. The van der Waals surface area contributed by atoms with E-state index in [1.165, 1.54) is 5.56 Å². The first-order chi connectivity index (χ1) is 15.2. The molecule has 2 saturated heterocycles. The number of aryl methyl sites for hydroxylation is 1. The summed E-state index contributed by atoms with van der Waals surface area (Å²) in [5.74, 6) is 1.02. The summed E-state index contributed by atoms with van der Waals surface area (Å²) in [6.45, 7) is 9.07. The number of anilines is 1. The molecule has 1 amide bonds. The number of morpholine rings is 1. The number of aromatic nitrogens is 2. The third kappa shape index (κ3) is 6.02. The zero-order valence-electron chi connectivity index (χ0n) is 18.4. The van der Waals surface area contributed by atoms with Gasteiger partial charge in [0.25, 0.3) is 0 Å². The third-order valence-corrected chi connectivity index (χ3v) is 6.17. The van der Waals surface area contributed by atoms with Crippen molar-refractivity contribution in [2.24, 2.45) is 5.92 Å². The molecule has 2 aliphatic rings. The molecular weight excluding hydrogens is 390 g/mol. The number of hydrogen-bond donors (Lipinski definition) is 1. The first-order valence-corrected chi connectivity index (χ1v) is 11.4. The lowest BCUT2D eigenvalue weighted by Crippen LogP contribution is -2.44. The maximum atomic E-state index is 12.7. The van der Waals surface area contributed by atoms with Crippen molar-refractivity contribution >= 4 is 11.7 Å². The molecule has 2 aromatic rings. The van der Waals surface area contributed by atoms with Crippen LogP contribution in [0, 0.1) is 12.8 Å². The molecular formula is C24H33N5O2. The Balaban J connectivity index is 1.25. The zero-order chi connectivity index (χ0) is 21.5. The number of nitrogens with zero attached hydrogens (tertiary/aromatic N) is 4. The molecule has 31 heavy (non-hydrogen) atoms. The van der Waals surface area contributed by atoms with Gasteiger partial charge >= 0.3 is 0 Å². The van der Waals surface area contributed by atoms with Crippen molar-refractivity contribution in [1.29, 1.82) is 0 Å². The minimum atomic E-state index is 0.00992. The van der Waals surface area contributed by atoms with Gasteiger partial charge in [-0.25, -0.2) is 0 Å². The second-order valence-corrected chi connectivity index (χ2v) is 8.53. The SMILES string of the molecule is Cc1ccc(-c2ccc(N3CCC[C@@H](C(=O)NCCCN4CCOCC4)C3)nn2)cc1. The number of ether oxygens (including phenoxy) is 1. The van der Waals surface area contributed by atoms with E-state index in [1.54, 1.807) is 0 Å². The van der Waals surface area contributed by atoms with Crippen molar-refractivity contribution in [3.05, 3.63) is 42.0 Å². The van der Waals surface area contributed by atoms with Gasteiger partial charge in [-0.1, -0.05) is 29.8 Å². The number of rotatable bonds is 7. The summed E-state index contributed by atoms with van der Waals surface area (Å²) in [5, 5.41) is 12.0. The van der Waals surface area contributed by atoms with Gasteiger partial charge in [0.05, 0.1) is 24.8 Å². The van der Waals surface area contributed by atoms with E-state index < -0.39 is 0 Å². The maximum Gasteiger partial charge on any atom is 0.224 e. The molecule has 1 aromatic heterocycles. The first-order valence-electron chi connectivity index (χ1n) is 11.4. The molecule has 0 saturated carbocycles. The summed E-state index contributed by atoms with van der Waals surface area (Å²) in [7, 11) is 0. The van der Waals surface area contributed by atoms with Crippen molar-refractivity contribution in [1.82, 2.24) is 20.4 Å². The van der Waals surface area contributed by atoms with Crippen LogP contribution in [0.2, 0.25) is 0 Å². The molecule has 0 bridgehead atoms. The fourth-order valence-corrected chi connectivity index (χ4v) is 4.25. The monoisotopic (exact) mass is 423 g/mol. The van der Waals surface area contributed by atoms with Crippen molar-refractivity contribution in [2.75, 3.05) is 57.4 Å². The number of carbonyl (C=O) groups is 1. The molecule has 2 aliphatic heterocycles. The number of carbonyl (C=O) groups excluding carboxylic acids is 1. The molecule has 0 radical (unpaired) electrons. The van der Waals surface area contributed by atoms with Crippen LogP contribution in [0.5, 0.6) is 0 Å². The summed E-state index contributed by atoms with van der Waals surface area (Å²) in [5.41, 5.74) is 3.17. The molecule has 7 nitrogen and oxygen atoms in total. The summed E-state index contributed by atoms with van der Waals surface area (Å²) in [4.78, 5) is 17.3. The highest BCUT2D eigenvalue weighted by atomic mass is 16.5. The van der Waals surface area contributed by atoms with E-state index in [0.717, 1.165) is 82.3 Å². The van der Waals surface area contributed by atoms with Crippen LogP contribution in [-0.4, -0.2) is 73.5 Å². The van der Waals surface area contributed by atoms with Crippen LogP contribution in [0.1, 0.15) is 24.8 Å². The van der Waals surface area contributed by atoms with E-state index in [9.17, 15) is 4.79 Å². The molecule has 0 aliphatic carbocycles. The Kier molecular flexibility index (Phi) is 7.48. The van der Waals surface area contributed by atoms with Crippen LogP contribution in [-0.2, 0) is 9.53 Å². The van der Waals surface area contributed by atoms with Gasteiger partial charge < -0.3 is 15.0 Å². The van der Waals surface area contributed by atoms with Gasteiger partial charge in [-0.15, -0.1) is 10.2 Å². The Morgan fingerprint density at radius 2 is 1.90 bits per heavy atom. The Bertz CT molecular complexity index is 834. The lowest BCUT2D eigenvalue weighted by molar-refractivity contribution is -0.125. The lowest BCUT2D eigenvalue weighted by Gasteiger charge is -2.32. The van der Waals surface area contributed by atoms with Crippen LogP contribution in [0.25, 0.3) is 11.3 Å². The quantitative estimate of drug-likeness (QED) is 0.690. The van der Waals surface area contributed by atoms with Crippen LogP contribution in [0.3, 0.4) is 0 Å². The van der Waals surface area contributed by atoms with Gasteiger partial charge in [-0.3, -0.25) is 9.69 Å². The van der Waals surface area contributed by atoms with Crippen molar-refractivity contribution in [2.45, 2.75) is 26.2 Å². The molecule has 166 valence electrons. The highest BCUT2D eigenvalue weighted by Gasteiger charge is 2.26. The number of amides is 1. The molecule has 0 unspecified atom stereocenters. The molecule has 1 atom stereocenters. The summed E-state index contributed by atoms with van der Waals surface area (Å²) >= 11 is 0. The van der Waals surface area contributed by atoms with E-state index in [1.807, 2.05) is 12.1 Å². The predicted molar refractivity (Wildman–Crippen MR) is 122 cm³/mol. The first kappa shape index (κ1) is 21.7. The van der Waals surface area contributed by atoms with E-state index in [0.29, 0.717) is 6.54 Å². The average Bonchev–Trinajstić information content (AvgIpc) is 2.83. The molecule has 1 N–H and O–H groups in total. The Morgan fingerprint density at radius 3 is 2.65 bits per heavy atom. The topological polar surface area (TPSA) is 70.6 Å². The second-order valence-electron chi connectivity index (χ2n) is 8.53. The summed E-state index contributed by atoms with van der Waals surface area (Å²) < 4.78 is 5.38. The molecule has 0 spiro atoms. The minimum absolute atomic E-state index is 0.00992. The largest absolute Gasteiger partial charge is 0.379 e. The van der Waals surface area contributed by atoms with Crippen LogP contribution < -0.4 is 10.2 Å². The summed E-state index contributed by atoms with van der Waals surface area (Å²) in [6, 6.07) is 12.3. The van der Waals surface area contributed by atoms with Gasteiger partial charge in [0.1, 0.15) is 0 Å². The Hall–Kier alpha value is -2.51. The van der Waals surface area contributed by atoms with Crippen LogP contribution in [0.15, 0.2) is 36.4 Å². The van der Waals surface area contributed by atoms with Crippen molar-refractivity contribution in [3.8, 4) is 11.3 Å². The summed E-state index contributed by atoms with van der Waals surface area (Å²) in [6.07, 6.45) is 2.90. The van der Waals surface area contributed by atoms with Crippen molar-refractivity contribution < 1.29 is 9.53 Å². The minimum Gasteiger partial charge on any atom is -0.379 e. The molecule has 7 heteroatoms. The van der Waals surface area contributed by atoms with Gasteiger partial charge in [0, 0.05) is 38.3 Å². The highest BCUT2D eigenvalue weighted by Crippen LogP contribution is 2.23. The lowest BCUT2D eigenvalue weighted by atomic mass is 9.97. The third-order valence-electron chi connectivity index (χ3n) is 6.17. The molecule has 2 fully saturated rings. The van der Waals surface area contributed by atoms with Crippen molar-refractivity contribution in [3.63, 3.8) is 0 Å². The van der Waals surface area contributed by atoms with E-state index >= 15 is 0 Å². The van der Waals surface area contributed by atoms with E-state index in [4.69, 9.17) is 4.74 Å². The number of hydrogen-bond acceptors (Lipinski definition) is 6. The Morgan fingerprint density at radius 1 is 1.10 bits per heavy atom. The average molecular weight is 424 g/mol. The smallest absolute Gasteiger partial charge is 0.224 e. The second kappa shape index (κ2) is 10.7. The van der Waals surface area contributed by atoms with Crippen LogP contribution >= 0.6 is 0 Å². The van der Waals surface area contributed by atoms with Crippen LogP contribution in [0.4, 0.5) is 5.82 Å². The number of nitrogens with one attached hydrogen (secondary N) is 1. The molecule has 4 rings (SSSR count). The van der Waals surface area contributed by atoms with Gasteiger partial charge in [0.15, 0.2) is 5.82 Å². The van der Waals surface area contributed by atoms with E-state index in [2.05, 4.69) is 56.5 Å². The number of piperidine rings is 1.